The molecule has 0 spiro atoms. The molecule has 0 saturated heterocycles. The van der Waals surface area contributed by atoms with Gasteiger partial charge in [-0.15, -0.1) is 0 Å². The third-order valence-corrected chi connectivity index (χ3v) is 2.66. The Hall–Kier alpha value is -1.81. The predicted octanol–water partition coefficient (Wildman–Crippen LogP) is 2.88. The van der Waals surface area contributed by atoms with Gasteiger partial charge in [0.2, 0.25) is 0 Å². The van der Waals surface area contributed by atoms with E-state index in [9.17, 15) is 4.79 Å². The van der Waals surface area contributed by atoms with Crippen molar-refractivity contribution in [3.8, 4) is 0 Å². The number of carbonyl (C=O) groups is 1. The van der Waals surface area contributed by atoms with E-state index in [-0.39, 0.29) is 5.91 Å². The van der Waals surface area contributed by atoms with E-state index in [1.807, 2.05) is 6.92 Å². The molecule has 0 aliphatic carbocycles. The molecule has 0 saturated carbocycles. The molecule has 0 fully saturated rings. The first-order chi connectivity index (χ1) is 8.20. The molecule has 1 amide bonds. The SMILES string of the molecule is CCc1cn[nH]c1NC(=O)c1cccc(Cl)c1. The van der Waals surface area contributed by atoms with Crippen molar-refractivity contribution in [3.63, 3.8) is 0 Å². The Morgan fingerprint density at radius 3 is 3.06 bits per heavy atom. The highest BCUT2D eigenvalue weighted by atomic mass is 35.5. The first kappa shape index (κ1) is 11.7. The molecule has 0 aliphatic rings. The maximum Gasteiger partial charge on any atom is 0.256 e. The summed E-state index contributed by atoms with van der Waals surface area (Å²) in [6, 6.07) is 6.80. The highest BCUT2D eigenvalue weighted by Crippen LogP contribution is 2.15. The van der Waals surface area contributed by atoms with Crippen LogP contribution < -0.4 is 5.32 Å². The first-order valence-electron chi connectivity index (χ1n) is 5.30. The first-order valence-corrected chi connectivity index (χ1v) is 5.67. The minimum absolute atomic E-state index is 0.202. The second-order valence-electron chi connectivity index (χ2n) is 3.59. The fourth-order valence-electron chi connectivity index (χ4n) is 1.50. The van der Waals surface area contributed by atoms with E-state index in [1.165, 1.54) is 0 Å². The van der Waals surface area contributed by atoms with E-state index >= 15 is 0 Å². The highest BCUT2D eigenvalue weighted by molar-refractivity contribution is 6.31. The van der Waals surface area contributed by atoms with Crippen LogP contribution in [0.2, 0.25) is 5.02 Å². The zero-order valence-electron chi connectivity index (χ0n) is 9.33. The number of aryl methyl sites for hydroxylation is 1. The number of carbonyl (C=O) groups excluding carboxylic acids is 1. The molecule has 4 nitrogen and oxygen atoms in total. The van der Waals surface area contributed by atoms with Crippen LogP contribution in [0.1, 0.15) is 22.8 Å². The quantitative estimate of drug-likeness (QED) is 0.879. The van der Waals surface area contributed by atoms with Crippen molar-refractivity contribution in [3.05, 3.63) is 46.6 Å². The number of halogens is 1. The number of aromatic amines is 1. The van der Waals surface area contributed by atoms with Crippen molar-refractivity contribution in [2.75, 3.05) is 5.32 Å². The fourth-order valence-corrected chi connectivity index (χ4v) is 1.69. The van der Waals surface area contributed by atoms with E-state index in [0.717, 1.165) is 12.0 Å². The van der Waals surface area contributed by atoms with Crippen molar-refractivity contribution in [2.45, 2.75) is 13.3 Å². The van der Waals surface area contributed by atoms with Gasteiger partial charge >= 0.3 is 0 Å². The van der Waals surface area contributed by atoms with Crippen LogP contribution in [-0.2, 0) is 6.42 Å². The Balaban J connectivity index is 2.17. The number of hydrogen-bond donors (Lipinski definition) is 2. The van der Waals surface area contributed by atoms with Gasteiger partial charge in [-0.1, -0.05) is 24.6 Å². The van der Waals surface area contributed by atoms with Gasteiger partial charge < -0.3 is 5.32 Å². The number of aromatic nitrogens is 2. The van der Waals surface area contributed by atoms with Gasteiger partial charge in [0.15, 0.2) is 0 Å². The van der Waals surface area contributed by atoms with Crippen LogP contribution >= 0.6 is 11.6 Å². The van der Waals surface area contributed by atoms with Gasteiger partial charge in [0.1, 0.15) is 5.82 Å². The maximum absolute atomic E-state index is 11.9. The van der Waals surface area contributed by atoms with Crippen molar-refractivity contribution in [2.24, 2.45) is 0 Å². The summed E-state index contributed by atoms with van der Waals surface area (Å²) in [5.41, 5.74) is 1.49. The van der Waals surface area contributed by atoms with Crippen LogP contribution in [0.3, 0.4) is 0 Å². The van der Waals surface area contributed by atoms with Crippen LogP contribution in [0.5, 0.6) is 0 Å². The molecule has 1 heterocycles. The molecule has 0 bridgehead atoms. The summed E-state index contributed by atoms with van der Waals surface area (Å²) in [6.45, 7) is 2.00. The second kappa shape index (κ2) is 5.01. The molecule has 17 heavy (non-hydrogen) atoms. The summed E-state index contributed by atoms with van der Waals surface area (Å²) in [6.07, 6.45) is 2.51. The van der Waals surface area contributed by atoms with E-state index in [2.05, 4.69) is 15.5 Å². The van der Waals surface area contributed by atoms with Gasteiger partial charge in [-0.3, -0.25) is 9.89 Å². The van der Waals surface area contributed by atoms with Crippen molar-refractivity contribution in [1.29, 1.82) is 0 Å². The lowest BCUT2D eigenvalue weighted by atomic mass is 10.2. The molecule has 2 aromatic rings. The second-order valence-corrected chi connectivity index (χ2v) is 4.02. The molecule has 2 N–H and O–H groups in total. The summed E-state index contributed by atoms with van der Waals surface area (Å²) in [5.74, 6) is 0.434. The van der Waals surface area contributed by atoms with Gasteiger partial charge in [-0.2, -0.15) is 5.10 Å². The average molecular weight is 250 g/mol. The molecule has 0 radical (unpaired) electrons. The van der Waals surface area contributed by atoms with Crippen LogP contribution in [0.4, 0.5) is 5.82 Å². The summed E-state index contributed by atoms with van der Waals surface area (Å²) < 4.78 is 0. The van der Waals surface area contributed by atoms with Crippen LogP contribution in [0.25, 0.3) is 0 Å². The number of nitrogens with one attached hydrogen (secondary N) is 2. The number of anilines is 1. The van der Waals surface area contributed by atoms with E-state index in [1.54, 1.807) is 30.5 Å². The maximum atomic E-state index is 11.9. The lowest BCUT2D eigenvalue weighted by Crippen LogP contribution is -2.13. The number of nitrogens with zero attached hydrogens (tertiary/aromatic N) is 1. The minimum Gasteiger partial charge on any atom is -0.307 e. The lowest BCUT2D eigenvalue weighted by molar-refractivity contribution is 0.102. The molecular weight excluding hydrogens is 238 g/mol. The van der Waals surface area contributed by atoms with E-state index in [0.29, 0.717) is 16.4 Å². The van der Waals surface area contributed by atoms with Crippen LogP contribution in [0, 0.1) is 0 Å². The van der Waals surface area contributed by atoms with Crippen molar-refractivity contribution in [1.82, 2.24) is 10.2 Å². The van der Waals surface area contributed by atoms with Gasteiger partial charge in [0.05, 0.1) is 6.20 Å². The zero-order valence-corrected chi connectivity index (χ0v) is 10.1. The molecule has 0 aliphatic heterocycles. The average Bonchev–Trinajstić information content (AvgIpc) is 2.76. The Morgan fingerprint density at radius 1 is 1.53 bits per heavy atom. The Labute approximate surface area is 104 Å². The third kappa shape index (κ3) is 2.65. The number of rotatable bonds is 3. The van der Waals surface area contributed by atoms with Crippen LogP contribution in [0.15, 0.2) is 30.5 Å². The smallest absolute Gasteiger partial charge is 0.256 e. The Kier molecular flexibility index (Phi) is 3.44. The standard InChI is InChI=1S/C12H12ClN3O/c1-2-8-7-14-16-11(8)15-12(17)9-4-3-5-10(13)6-9/h3-7H,2H2,1H3,(H2,14,15,16,17). The lowest BCUT2D eigenvalue weighted by Gasteiger charge is -2.04. The molecule has 2 rings (SSSR count). The van der Waals surface area contributed by atoms with Crippen LogP contribution in [-0.4, -0.2) is 16.1 Å². The molecule has 5 heteroatoms. The molecule has 0 unspecified atom stereocenters. The Morgan fingerprint density at radius 2 is 2.35 bits per heavy atom. The summed E-state index contributed by atoms with van der Waals surface area (Å²) >= 11 is 5.83. The number of hydrogen-bond acceptors (Lipinski definition) is 2. The van der Waals surface area contributed by atoms with Gasteiger partial charge in [0.25, 0.3) is 5.91 Å². The monoisotopic (exact) mass is 249 g/mol. The fraction of sp³-hybridized carbons (Fsp3) is 0.167. The van der Waals surface area contributed by atoms with Gasteiger partial charge in [-0.25, -0.2) is 0 Å². The number of H-pyrrole nitrogens is 1. The predicted molar refractivity (Wildman–Crippen MR) is 67.4 cm³/mol. The number of amides is 1. The molecule has 1 aromatic heterocycles. The van der Waals surface area contributed by atoms with Gasteiger partial charge in [0, 0.05) is 16.1 Å². The van der Waals surface area contributed by atoms with E-state index in [4.69, 9.17) is 11.6 Å². The third-order valence-electron chi connectivity index (χ3n) is 2.42. The molecule has 0 atom stereocenters. The molecule has 88 valence electrons. The summed E-state index contributed by atoms with van der Waals surface area (Å²) in [4.78, 5) is 11.9. The largest absolute Gasteiger partial charge is 0.307 e. The summed E-state index contributed by atoms with van der Waals surface area (Å²) in [7, 11) is 0. The van der Waals surface area contributed by atoms with Crippen molar-refractivity contribution >= 4 is 23.3 Å². The Bertz CT molecular complexity index is 536. The molecule has 1 aromatic carbocycles. The highest BCUT2D eigenvalue weighted by Gasteiger charge is 2.09. The summed E-state index contributed by atoms with van der Waals surface area (Å²) in [5, 5.41) is 9.96. The number of benzene rings is 1. The minimum atomic E-state index is -0.202. The molecular formula is C12H12ClN3O. The zero-order chi connectivity index (χ0) is 12.3. The van der Waals surface area contributed by atoms with Gasteiger partial charge in [-0.05, 0) is 24.6 Å². The normalized spacial score (nSPS) is 10.2. The van der Waals surface area contributed by atoms with E-state index < -0.39 is 0 Å². The topological polar surface area (TPSA) is 57.8 Å². The van der Waals surface area contributed by atoms with Crippen molar-refractivity contribution < 1.29 is 4.79 Å².